The highest BCUT2D eigenvalue weighted by Gasteiger charge is 2.29. The number of nitrogens with one attached hydrogen (secondary N) is 3. The van der Waals surface area contributed by atoms with Crippen molar-refractivity contribution in [1.82, 2.24) is 15.4 Å². The Morgan fingerprint density at radius 3 is 2.17 bits per heavy atom. The molecule has 0 aliphatic carbocycles. The van der Waals surface area contributed by atoms with Crippen molar-refractivity contribution in [2.45, 2.75) is 70.5 Å². The van der Waals surface area contributed by atoms with Gasteiger partial charge >= 0.3 is 12.1 Å². The molecule has 0 radical (unpaired) electrons. The lowest BCUT2D eigenvalue weighted by Gasteiger charge is -2.25. The molecule has 0 spiro atoms. The molecule has 1 rings (SSSR count). The van der Waals surface area contributed by atoms with Crippen LogP contribution in [0.3, 0.4) is 0 Å². The maximum atomic E-state index is 12.7. The number of carbonyl (C=O) groups is 3. The zero-order chi connectivity index (χ0) is 27.0. The van der Waals surface area contributed by atoms with Crippen LogP contribution in [-0.4, -0.2) is 61.7 Å². The summed E-state index contributed by atoms with van der Waals surface area (Å²) < 4.78 is 32.2. The summed E-state index contributed by atoms with van der Waals surface area (Å²) >= 11 is 0. The predicted molar refractivity (Wildman–Crippen MR) is 130 cm³/mol. The minimum atomic E-state index is -3.96. The number of rotatable bonds is 10. The van der Waals surface area contributed by atoms with Crippen molar-refractivity contribution >= 4 is 34.0 Å². The van der Waals surface area contributed by atoms with Crippen LogP contribution in [0, 0.1) is 12.8 Å². The number of nitrogens with two attached hydrogens (primary N) is 1. The van der Waals surface area contributed by atoms with Crippen LogP contribution in [0.2, 0.25) is 0 Å². The van der Waals surface area contributed by atoms with Gasteiger partial charge < -0.3 is 26.2 Å². The molecule has 0 aliphatic heterocycles. The SMILES string of the molecule is Cc1ccc(S(=O)(=O)NC(N)=NCC[C@H](NC(=O)OC(C)(C)C)C(=O)N[C@@H](C(=O)O)C(C)C)cc1. The maximum Gasteiger partial charge on any atom is 0.408 e. The molecule has 0 saturated heterocycles. The van der Waals surface area contributed by atoms with E-state index >= 15 is 0 Å². The monoisotopic (exact) mass is 513 g/mol. The fraction of sp³-hybridized carbons (Fsp3) is 0.545. The first-order chi connectivity index (χ1) is 16.0. The van der Waals surface area contributed by atoms with Crippen molar-refractivity contribution in [2.24, 2.45) is 16.6 Å². The largest absolute Gasteiger partial charge is 0.480 e. The number of carboxylic acids is 1. The predicted octanol–water partition coefficient (Wildman–Crippen LogP) is 1.10. The molecule has 0 aromatic heterocycles. The van der Waals surface area contributed by atoms with Crippen molar-refractivity contribution < 1.29 is 32.6 Å². The molecule has 13 heteroatoms. The molecular weight excluding hydrogens is 478 g/mol. The Morgan fingerprint density at radius 2 is 1.69 bits per heavy atom. The van der Waals surface area contributed by atoms with E-state index in [1.807, 2.05) is 6.92 Å². The number of carboxylic acid groups (broad SMARTS) is 1. The Bertz CT molecular complexity index is 1030. The molecule has 2 amide bonds. The van der Waals surface area contributed by atoms with Crippen molar-refractivity contribution in [3.05, 3.63) is 29.8 Å². The lowest BCUT2D eigenvalue weighted by molar-refractivity contribution is -0.143. The molecular formula is C22H35N5O7S. The topological polar surface area (TPSA) is 189 Å². The Balaban J connectivity index is 2.94. The summed E-state index contributed by atoms with van der Waals surface area (Å²) in [6.07, 6.45) is -0.992. The molecule has 6 N–H and O–H groups in total. The maximum absolute atomic E-state index is 12.7. The standard InChI is InChI=1S/C22H35N5O7S/c1-13(2)17(19(29)30)26-18(28)16(25-21(31)34-22(4,5)6)11-12-24-20(23)27-35(32,33)15-9-7-14(3)8-10-15/h7-10,13,16-17H,11-12H2,1-6H3,(H,25,31)(H,26,28)(H,29,30)(H3,23,24,27)/t16-,17+/m0/s1. The van der Waals surface area contributed by atoms with Crippen LogP contribution in [0.25, 0.3) is 0 Å². The van der Waals surface area contributed by atoms with Crippen LogP contribution in [0.5, 0.6) is 0 Å². The third kappa shape index (κ3) is 10.6. The fourth-order valence-corrected chi connectivity index (χ4v) is 3.70. The van der Waals surface area contributed by atoms with Gasteiger partial charge in [-0.05, 0) is 52.2 Å². The van der Waals surface area contributed by atoms with Crippen molar-refractivity contribution in [1.29, 1.82) is 0 Å². The minimum Gasteiger partial charge on any atom is -0.480 e. The van der Waals surface area contributed by atoms with Crippen LogP contribution in [0.4, 0.5) is 4.79 Å². The van der Waals surface area contributed by atoms with Gasteiger partial charge in [-0.1, -0.05) is 31.5 Å². The summed E-state index contributed by atoms with van der Waals surface area (Å²) in [6.45, 7) is 9.85. The number of aryl methyl sites for hydroxylation is 1. The first kappa shape index (κ1) is 29.7. The number of alkyl carbamates (subject to hydrolysis) is 1. The van der Waals surface area contributed by atoms with E-state index < -0.39 is 57.6 Å². The van der Waals surface area contributed by atoms with Gasteiger partial charge in [0.25, 0.3) is 10.0 Å². The molecule has 0 saturated carbocycles. The fourth-order valence-electron chi connectivity index (χ4n) is 2.75. The van der Waals surface area contributed by atoms with Gasteiger partial charge in [0.05, 0.1) is 4.90 Å². The van der Waals surface area contributed by atoms with E-state index in [0.717, 1.165) is 5.56 Å². The van der Waals surface area contributed by atoms with Crippen molar-refractivity contribution in [2.75, 3.05) is 6.54 Å². The zero-order valence-electron chi connectivity index (χ0n) is 20.8. The number of guanidine groups is 1. The summed E-state index contributed by atoms with van der Waals surface area (Å²) in [6, 6.07) is 3.72. The van der Waals surface area contributed by atoms with Gasteiger partial charge in [0.1, 0.15) is 17.7 Å². The Kier molecular flexibility index (Phi) is 10.5. The summed E-state index contributed by atoms with van der Waals surface area (Å²) in [4.78, 5) is 40.3. The number of aliphatic imine (C=N–C) groups is 1. The van der Waals surface area contributed by atoms with Gasteiger partial charge in [-0.15, -0.1) is 0 Å². The van der Waals surface area contributed by atoms with E-state index in [1.54, 1.807) is 46.8 Å². The van der Waals surface area contributed by atoms with E-state index in [1.165, 1.54) is 12.1 Å². The summed E-state index contributed by atoms with van der Waals surface area (Å²) in [7, 11) is -3.96. The molecule has 0 bridgehead atoms. The average Bonchev–Trinajstić information content (AvgIpc) is 2.69. The molecule has 196 valence electrons. The van der Waals surface area contributed by atoms with Crippen molar-refractivity contribution in [3.8, 4) is 0 Å². The van der Waals surface area contributed by atoms with Gasteiger partial charge in [0.2, 0.25) is 11.9 Å². The van der Waals surface area contributed by atoms with Gasteiger partial charge in [-0.25, -0.2) is 22.7 Å². The van der Waals surface area contributed by atoms with Crippen LogP contribution in [-0.2, 0) is 24.3 Å². The van der Waals surface area contributed by atoms with Crippen LogP contribution < -0.4 is 21.1 Å². The lowest BCUT2D eigenvalue weighted by atomic mass is 10.0. The van der Waals surface area contributed by atoms with E-state index in [9.17, 15) is 27.9 Å². The van der Waals surface area contributed by atoms with Gasteiger partial charge in [0, 0.05) is 6.54 Å². The number of sulfonamides is 1. The lowest BCUT2D eigenvalue weighted by Crippen LogP contribution is -2.54. The van der Waals surface area contributed by atoms with Crippen LogP contribution >= 0.6 is 0 Å². The van der Waals surface area contributed by atoms with Gasteiger partial charge in [-0.3, -0.25) is 9.79 Å². The van der Waals surface area contributed by atoms with E-state index in [4.69, 9.17) is 10.5 Å². The molecule has 0 unspecified atom stereocenters. The summed E-state index contributed by atoms with van der Waals surface area (Å²) in [5.41, 5.74) is 5.76. The molecule has 2 atom stereocenters. The Morgan fingerprint density at radius 1 is 1.11 bits per heavy atom. The van der Waals surface area contributed by atoms with Gasteiger partial charge in [0.15, 0.2) is 0 Å². The first-order valence-electron chi connectivity index (χ1n) is 10.9. The second kappa shape index (κ2) is 12.4. The van der Waals surface area contributed by atoms with E-state index in [2.05, 4.69) is 20.3 Å². The molecule has 0 aliphatic rings. The molecule has 35 heavy (non-hydrogen) atoms. The Hall–Kier alpha value is -3.35. The highest BCUT2D eigenvalue weighted by atomic mass is 32.2. The van der Waals surface area contributed by atoms with Crippen molar-refractivity contribution in [3.63, 3.8) is 0 Å². The number of carbonyl (C=O) groups excluding carboxylic acids is 2. The molecule has 1 aromatic carbocycles. The molecule has 0 heterocycles. The Labute approximate surface area is 205 Å². The number of nitrogens with zero attached hydrogens (tertiary/aromatic N) is 1. The number of hydrogen-bond donors (Lipinski definition) is 5. The highest BCUT2D eigenvalue weighted by Crippen LogP contribution is 2.10. The van der Waals surface area contributed by atoms with E-state index in [-0.39, 0.29) is 17.9 Å². The summed E-state index contributed by atoms with van der Waals surface area (Å²) in [5, 5.41) is 14.1. The number of hydrogen-bond acceptors (Lipinski definition) is 7. The molecule has 12 nitrogen and oxygen atoms in total. The normalized spacial score (nSPS) is 14.1. The molecule has 1 aromatic rings. The third-order valence-electron chi connectivity index (χ3n) is 4.51. The number of ether oxygens (including phenoxy) is 1. The van der Waals surface area contributed by atoms with Crippen LogP contribution in [0.15, 0.2) is 34.2 Å². The molecule has 0 fully saturated rings. The van der Waals surface area contributed by atoms with Gasteiger partial charge in [-0.2, -0.15) is 0 Å². The highest BCUT2D eigenvalue weighted by molar-refractivity contribution is 7.90. The second-order valence-corrected chi connectivity index (χ2v) is 10.9. The quantitative estimate of drug-likeness (QED) is 0.227. The van der Waals surface area contributed by atoms with E-state index in [0.29, 0.717) is 0 Å². The first-order valence-corrected chi connectivity index (χ1v) is 12.4. The smallest absolute Gasteiger partial charge is 0.408 e. The minimum absolute atomic E-state index is 0.00139. The average molecular weight is 514 g/mol. The number of benzene rings is 1. The summed E-state index contributed by atoms with van der Waals surface area (Å²) in [5.74, 6) is -2.81. The number of amides is 2. The number of aliphatic carboxylic acids is 1. The third-order valence-corrected chi connectivity index (χ3v) is 5.88. The second-order valence-electron chi connectivity index (χ2n) is 9.24. The zero-order valence-corrected chi connectivity index (χ0v) is 21.6. The van der Waals surface area contributed by atoms with Crippen LogP contribution in [0.1, 0.15) is 46.6 Å².